The largest absolute Gasteiger partial charge is 0.317 e. The lowest BCUT2D eigenvalue weighted by molar-refractivity contribution is 0.664. The van der Waals surface area contributed by atoms with Crippen molar-refractivity contribution in [3.05, 3.63) is 29.3 Å². The van der Waals surface area contributed by atoms with Gasteiger partial charge < -0.3 is 5.32 Å². The summed E-state index contributed by atoms with van der Waals surface area (Å²) in [5.41, 5.74) is 2.76. The van der Waals surface area contributed by atoms with Crippen LogP contribution in [0.2, 0.25) is 0 Å². The summed E-state index contributed by atoms with van der Waals surface area (Å²) in [5.74, 6) is 1.21. The predicted molar refractivity (Wildman–Crippen MR) is 74.4 cm³/mol. The quantitative estimate of drug-likeness (QED) is 0.572. The van der Waals surface area contributed by atoms with Gasteiger partial charge >= 0.3 is 0 Å². The molecule has 1 rings (SSSR count). The first-order valence-corrected chi connectivity index (χ1v) is 7.13. The molecule has 0 spiro atoms. The summed E-state index contributed by atoms with van der Waals surface area (Å²) < 4.78 is 0. The van der Waals surface area contributed by atoms with E-state index in [-0.39, 0.29) is 0 Å². The average molecular weight is 237 g/mol. The maximum atomic E-state index is 3.43. The highest BCUT2D eigenvalue weighted by molar-refractivity contribution is 7.99. The Balaban J connectivity index is 2.23. The van der Waals surface area contributed by atoms with Gasteiger partial charge in [0.05, 0.1) is 0 Å². The molecule has 2 heteroatoms. The summed E-state index contributed by atoms with van der Waals surface area (Å²) in [5, 5.41) is 3.43. The molecule has 0 amide bonds. The summed E-state index contributed by atoms with van der Waals surface area (Å²) >= 11 is 1.98. The highest BCUT2D eigenvalue weighted by atomic mass is 32.2. The van der Waals surface area contributed by atoms with Gasteiger partial charge in [0, 0.05) is 4.90 Å². The van der Waals surface area contributed by atoms with Gasteiger partial charge in [0.25, 0.3) is 0 Å². The van der Waals surface area contributed by atoms with Gasteiger partial charge in [-0.3, -0.25) is 0 Å². The van der Waals surface area contributed by atoms with E-state index in [0.29, 0.717) is 0 Å². The number of rotatable bonds is 7. The number of benzene rings is 1. The van der Waals surface area contributed by atoms with Crippen LogP contribution in [0, 0.1) is 13.8 Å². The molecule has 1 nitrogen and oxygen atoms in total. The van der Waals surface area contributed by atoms with Crippen molar-refractivity contribution < 1.29 is 0 Å². The number of aryl methyl sites for hydroxylation is 2. The van der Waals surface area contributed by atoms with Crippen molar-refractivity contribution in [1.29, 1.82) is 0 Å². The number of nitrogens with one attached hydrogen (secondary N) is 1. The first-order chi connectivity index (χ1) is 7.74. The Morgan fingerprint density at radius 2 is 2.00 bits per heavy atom. The van der Waals surface area contributed by atoms with E-state index in [2.05, 4.69) is 44.3 Å². The zero-order chi connectivity index (χ0) is 11.8. The van der Waals surface area contributed by atoms with Crippen LogP contribution in [0.25, 0.3) is 0 Å². The summed E-state index contributed by atoms with van der Waals surface area (Å²) in [4.78, 5) is 1.44. The highest BCUT2D eigenvalue weighted by Crippen LogP contribution is 2.23. The molecular formula is C14H23NS. The van der Waals surface area contributed by atoms with Gasteiger partial charge in [-0.25, -0.2) is 0 Å². The molecule has 16 heavy (non-hydrogen) atoms. The van der Waals surface area contributed by atoms with Crippen LogP contribution >= 0.6 is 11.8 Å². The molecule has 0 fully saturated rings. The molecule has 0 aliphatic rings. The SMILES string of the molecule is CCCNCCCSc1cc(C)ccc1C. The average Bonchev–Trinajstić information content (AvgIpc) is 2.28. The number of thioether (sulfide) groups is 1. The van der Waals surface area contributed by atoms with Crippen molar-refractivity contribution in [3.63, 3.8) is 0 Å². The van der Waals surface area contributed by atoms with Crippen LogP contribution in [0.3, 0.4) is 0 Å². The van der Waals surface area contributed by atoms with Gasteiger partial charge in [0.15, 0.2) is 0 Å². The van der Waals surface area contributed by atoms with Crippen LogP contribution in [0.15, 0.2) is 23.1 Å². The molecule has 1 N–H and O–H groups in total. The minimum absolute atomic E-state index is 1.14. The zero-order valence-corrected chi connectivity index (χ0v) is 11.5. The molecule has 0 saturated heterocycles. The van der Waals surface area contributed by atoms with Crippen LogP contribution in [0.1, 0.15) is 30.9 Å². The summed E-state index contributed by atoms with van der Waals surface area (Å²) in [6.07, 6.45) is 2.47. The lowest BCUT2D eigenvalue weighted by Crippen LogP contribution is -2.16. The van der Waals surface area contributed by atoms with Crippen LogP contribution in [0.4, 0.5) is 0 Å². The van der Waals surface area contributed by atoms with Crippen molar-refractivity contribution in [2.24, 2.45) is 0 Å². The topological polar surface area (TPSA) is 12.0 Å². The second kappa shape index (κ2) is 7.75. The fraction of sp³-hybridized carbons (Fsp3) is 0.571. The Labute approximate surface area is 104 Å². The molecule has 0 unspecified atom stereocenters. The van der Waals surface area contributed by atoms with E-state index in [9.17, 15) is 0 Å². The normalized spacial score (nSPS) is 10.7. The molecule has 0 atom stereocenters. The second-order valence-electron chi connectivity index (χ2n) is 4.22. The maximum absolute atomic E-state index is 3.43. The standard InChI is InChI=1S/C14H23NS/c1-4-8-15-9-5-10-16-14-11-12(2)6-7-13(14)3/h6-7,11,15H,4-5,8-10H2,1-3H3. The molecule has 0 heterocycles. The monoisotopic (exact) mass is 237 g/mol. The van der Waals surface area contributed by atoms with E-state index in [1.54, 1.807) is 0 Å². The third kappa shape index (κ3) is 5.04. The lowest BCUT2D eigenvalue weighted by Gasteiger charge is -2.07. The van der Waals surface area contributed by atoms with Crippen LogP contribution in [-0.2, 0) is 0 Å². The molecule has 0 aromatic heterocycles. The van der Waals surface area contributed by atoms with E-state index in [1.165, 1.54) is 34.6 Å². The molecule has 0 bridgehead atoms. The van der Waals surface area contributed by atoms with E-state index in [1.807, 2.05) is 11.8 Å². The number of hydrogen-bond acceptors (Lipinski definition) is 2. The van der Waals surface area contributed by atoms with Crippen molar-refractivity contribution >= 4 is 11.8 Å². The molecule has 90 valence electrons. The third-order valence-corrected chi connectivity index (χ3v) is 3.77. The molecule has 0 aliphatic carbocycles. The Morgan fingerprint density at radius 1 is 1.19 bits per heavy atom. The second-order valence-corrected chi connectivity index (χ2v) is 5.36. The first kappa shape index (κ1) is 13.6. The Kier molecular flexibility index (Phi) is 6.58. The van der Waals surface area contributed by atoms with Gasteiger partial charge in [-0.05, 0) is 57.2 Å². The molecule has 0 saturated carbocycles. The molecule has 1 aromatic carbocycles. The summed E-state index contributed by atoms with van der Waals surface area (Å²) in [7, 11) is 0. The van der Waals surface area contributed by atoms with E-state index >= 15 is 0 Å². The number of hydrogen-bond donors (Lipinski definition) is 1. The van der Waals surface area contributed by atoms with Gasteiger partial charge in [-0.2, -0.15) is 0 Å². The minimum atomic E-state index is 1.14. The summed E-state index contributed by atoms with van der Waals surface area (Å²) in [6.45, 7) is 8.85. The zero-order valence-electron chi connectivity index (χ0n) is 10.7. The third-order valence-electron chi connectivity index (χ3n) is 2.53. The van der Waals surface area contributed by atoms with Crippen molar-refractivity contribution in [2.45, 2.75) is 38.5 Å². The van der Waals surface area contributed by atoms with E-state index in [4.69, 9.17) is 0 Å². The Morgan fingerprint density at radius 3 is 2.75 bits per heavy atom. The lowest BCUT2D eigenvalue weighted by atomic mass is 10.2. The molecular weight excluding hydrogens is 214 g/mol. The molecule has 0 radical (unpaired) electrons. The first-order valence-electron chi connectivity index (χ1n) is 6.15. The predicted octanol–water partition coefficient (Wildman–Crippen LogP) is 3.79. The maximum Gasteiger partial charge on any atom is 0.0104 e. The minimum Gasteiger partial charge on any atom is -0.317 e. The Hall–Kier alpha value is -0.470. The Bertz CT molecular complexity index is 310. The van der Waals surface area contributed by atoms with E-state index in [0.717, 1.165) is 13.1 Å². The van der Waals surface area contributed by atoms with Crippen molar-refractivity contribution in [3.8, 4) is 0 Å². The van der Waals surface area contributed by atoms with Gasteiger partial charge in [-0.1, -0.05) is 24.6 Å². The smallest absolute Gasteiger partial charge is 0.0104 e. The van der Waals surface area contributed by atoms with Crippen molar-refractivity contribution in [1.82, 2.24) is 5.32 Å². The van der Waals surface area contributed by atoms with Gasteiger partial charge in [-0.15, -0.1) is 11.8 Å². The fourth-order valence-corrected chi connectivity index (χ4v) is 2.62. The molecule has 0 aliphatic heterocycles. The van der Waals surface area contributed by atoms with Gasteiger partial charge in [0.1, 0.15) is 0 Å². The molecule has 1 aromatic rings. The van der Waals surface area contributed by atoms with Crippen LogP contribution in [0.5, 0.6) is 0 Å². The van der Waals surface area contributed by atoms with Crippen LogP contribution < -0.4 is 5.32 Å². The highest BCUT2D eigenvalue weighted by Gasteiger charge is 1.99. The van der Waals surface area contributed by atoms with Gasteiger partial charge in [0.2, 0.25) is 0 Å². The fourth-order valence-electron chi connectivity index (χ4n) is 1.54. The van der Waals surface area contributed by atoms with Crippen molar-refractivity contribution in [2.75, 3.05) is 18.8 Å². The van der Waals surface area contributed by atoms with E-state index < -0.39 is 0 Å². The summed E-state index contributed by atoms with van der Waals surface area (Å²) in [6, 6.07) is 6.69. The van der Waals surface area contributed by atoms with Crippen LogP contribution in [-0.4, -0.2) is 18.8 Å².